The standard InChI is InChI=1S/C9H11ClN2OS/c10-8-4-3-7(14-8)9(12-11)6-2-1-5-13-6/h2-4,9,12H,1,5,11H2. The molecule has 0 radical (unpaired) electrons. The van der Waals surface area contributed by atoms with Crippen LogP contribution in [0.1, 0.15) is 17.3 Å². The second-order valence-electron chi connectivity index (χ2n) is 2.99. The van der Waals surface area contributed by atoms with Gasteiger partial charge in [-0.25, -0.2) is 5.43 Å². The first-order valence-corrected chi connectivity index (χ1v) is 5.55. The molecule has 1 aliphatic heterocycles. The molecule has 0 fully saturated rings. The van der Waals surface area contributed by atoms with Crippen molar-refractivity contribution in [3.05, 3.63) is 33.2 Å². The second-order valence-corrected chi connectivity index (χ2v) is 4.73. The molecular formula is C9H11ClN2OS. The van der Waals surface area contributed by atoms with Crippen molar-refractivity contribution in [2.24, 2.45) is 5.84 Å². The molecule has 0 saturated heterocycles. The third kappa shape index (κ3) is 1.93. The second kappa shape index (κ2) is 4.31. The Morgan fingerprint density at radius 1 is 1.57 bits per heavy atom. The van der Waals surface area contributed by atoms with Gasteiger partial charge in [-0.2, -0.15) is 0 Å². The fraction of sp³-hybridized carbons (Fsp3) is 0.333. The van der Waals surface area contributed by atoms with E-state index in [1.807, 2.05) is 12.1 Å². The highest BCUT2D eigenvalue weighted by atomic mass is 35.5. The van der Waals surface area contributed by atoms with Gasteiger partial charge in [0.1, 0.15) is 11.8 Å². The highest BCUT2D eigenvalue weighted by Gasteiger charge is 2.20. The van der Waals surface area contributed by atoms with Gasteiger partial charge in [-0.1, -0.05) is 11.6 Å². The number of ether oxygens (including phenoxy) is 1. The highest BCUT2D eigenvalue weighted by Crippen LogP contribution is 2.32. The van der Waals surface area contributed by atoms with Crippen molar-refractivity contribution in [1.82, 2.24) is 5.43 Å². The molecule has 0 saturated carbocycles. The Hall–Kier alpha value is -0.550. The maximum atomic E-state index is 5.86. The summed E-state index contributed by atoms with van der Waals surface area (Å²) in [5.74, 6) is 6.38. The van der Waals surface area contributed by atoms with E-state index >= 15 is 0 Å². The fourth-order valence-electron chi connectivity index (χ4n) is 1.43. The first-order valence-electron chi connectivity index (χ1n) is 4.35. The van der Waals surface area contributed by atoms with Gasteiger partial charge >= 0.3 is 0 Å². The largest absolute Gasteiger partial charge is 0.496 e. The van der Waals surface area contributed by atoms with Crippen LogP contribution in [0.5, 0.6) is 0 Å². The van der Waals surface area contributed by atoms with E-state index in [-0.39, 0.29) is 6.04 Å². The van der Waals surface area contributed by atoms with E-state index in [9.17, 15) is 0 Å². The monoisotopic (exact) mass is 230 g/mol. The molecule has 0 spiro atoms. The van der Waals surface area contributed by atoms with E-state index < -0.39 is 0 Å². The average Bonchev–Trinajstić information content (AvgIpc) is 2.79. The van der Waals surface area contributed by atoms with Gasteiger partial charge in [0.2, 0.25) is 0 Å². The molecule has 1 aromatic heterocycles. The number of thiophene rings is 1. The smallest absolute Gasteiger partial charge is 0.116 e. The Labute approximate surface area is 91.5 Å². The lowest BCUT2D eigenvalue weighted by Gasteiger charge is -2.15. The third-order valence-electron chi connectivity index (χ3n) is 2.06. The molecule has 0 amide bonds. The van der Waals surface area contributed by atoms with Crippen molar-refractivity contribution < 1.29 is 4.74 Å². The van der Waals surface area contributed by atoms with E-state index in [0.717, 1.165) is 28.0 Å². The predicted molar refractivity (Wildman–Crippen MR) is 58.0 cm³/mol. The van der Waals surface area contributed by atoms with Crippen LogP contribution in [0, 0.1) is 0 Å². The zero-order valence-electron chi connectivity index (χ0n) is 7.50. The van der Waals surface area contributed by atoms with Crippen LogP contribution in [-0.4, -0.2) is 6.61 Å². The van der Waals surface area contributed by atoms with Gasteiger partial charge in [0.25, 0.3) is 0 Å². The normalized spacial score (nSPS) is 17.7. The summed E-state index contributed by atoms with van der Waals surface area (Å²) in [4.78, 5) is 1.07. The number of nitrogens with two attached hydrogens (primary N) is 1. The van der Waals surface area contributed by atoms with E-state index in [4.69, 9.17) is 22.2 Å². The van der Waals surface area contributed by atoms with Crippen molar-refractivity contribution in [2.45, 2.75) is 12.5 Å². The number of rotatable bonds is 3. The number of halogens is 1. The molecule has 1 aromatic rings. The van der Waals surface area contributed by atoms with Gasteiger partial charge < -0.3 is 4.74 Å². The number of nitrogens with one attached hydrogen (secondary N) is 1. The highest BCUT2D eigenvalue weighted by molar-refractivity contribution is 7.16. The topological polar surface area (TPSA) is 47.3 Å². The summed E-state index contributed by atoms with van der Waals surface area (Å²) in [5.41, 5.74) is 2.73. The van der Waals surface area contributed by atoms with Crippen molar-refractivity contribution >= 4 is 22.9 Å². The average molecular weight is 231 g/mol. The van der Waals surface area contributed by atoms with Crippen molar-refractivity contribution in [3.63, 3.8) is 0 Å². The number of hydrogen-bond acceptors (Lipinski definition) is 4. The van der Waals surface area contributed by atoms with Gasteiger partial charge in [-0.3, -0.25) is 5.84 Å². The predicted octanol–water partition coefficient (Wildman–Crippen LogP) is 2.21. The van der Waals surface area contributed by atoms with Crippen LogP contribution in [-0.2, 0) is 4.74 Å². The van der Waals surface area contributed by atoms with Gasteiger partial charge in [0, 0.05) is 11.3 Å². The minimum atomic E-state index is -0.0602. The molecule has 0 bridgehead atoms. The molecule has 1 aliphatic rings. The summed E-state index contributed by atoms with van der Waals surface area (Å²) in [5, 5.41) is 0. The van der Waals surface area contributed by atoms with Crippen LogP contribution in [0.2, 0.25) is 4.34 Å². The summed E-state index contributed by atoms with van der Waals surface area (Å²) in [6.45, 7) is 0.743. The summed E-state index contributed by atoms with van der Waals surface area (Å²) in [6, 6.07) is 3.76. The van der Waals surface area contributed by atoms with Crippen molar-refractivity contribution in [3.8, 4) is 0 Å². The van der Waals surface area contributed by atoms with Gasteiger partial charge in [0.05, 0.1) is 10.9 Å². The zero-order chi connectivity index (χ0) is 9.97. The van der Waals surface area contributed by atoms with Crippen molar-refractivity contribution in [2.75, 3.05) is 6.61 Å². The maximum Gasteiger partial charge on any atom is 0.116 e. The Balaban J connectivity index is 2.20. The van der Waals surface area contributed by atoms with Crippen LogP contribution in [0.15, 0.2) is 24.0 Å². The van der Waals surface area contributed by atoms with Crippen LogP contribution >= 0.6 is 22.9 Å². The Bertz CT molecular complexity index is 350. The Kier molecular flexibility index (Phi) is 3.08. The minimum Gasteiger partial charge on any atom is -0.496 e. The lowest BCUT2D eigenvalue weighted by molar-refractivity contribution is 0.216. The summed E-state index contributed by atoms with van der Waals surface area (Å²) in [6.07, 6.45) is 3.00. The van der Waals surface area contributed by atoms with Crippen molar-refractivity contribution in [1.29, 1.82) is 0 Å². The minimum absolute atomic E-state index is 0.0602. The number of hydrogen-bond donors (Lipinski definition) is 2. The molecule has 14 heavy (non-hydrogen) atoms. The molecule has 76 valence electrons. The maximum absolute atomic E-state index is 5.86. The molecule has 0 aliphatic carbocycles. The summed E-state index contributed by atoms with van der Waals surface area (Å²) in [7, 11) is 0. The Morgan fingerprint density at radius 3 is 2.93 bits per heavy atom. The van der Waals surface area contributed by atoms with E-state index in [1.165, 1.54) is 11.3 Å². The van der Waals surface area contributed by atoms with Gasteiger partial charge in [0.15, 0.2) is 0 Å². The first-order chi connectivity index (χ1) is 6.81. The van der Waals surface area contributed by atoms with E-state index in [0.29, 0.717) is 0 Å². The molecular weight excluding hydrogens is 220 g/mol. The first kappa shape index (κ1) is 9.98. The summed E-state index contributed by atoms with van der Waals surface area (Å²) >= 11 is 7.37. The van der Waals surface area contributed by atoms with E-state index in [2.05, 4.69) is 11.5 Å². The molecule has 1 unspecified atom stereocenters. The third-order valence-corrected chi connectivity index (χ3v) is 3.36. The molecule has 1 atom stereocenters. The van der Waals surface area contributed by atoms with Crippen LogP contribution < -0.4 is 11.3 Å². The molecule has 3 N–H and O–H groups in total. The zero-order valence-corrected chi connectivity index (χ0v) is 9.07. The Morgan fingerprint density at radius 2 is 2.43 bits per heavy atom. The molecule has 0 aromatic carbocycles. The lowest BCUT2D eigenvalue weighted by Crippen LogP contribution is -2.29. The van der Waals surface area contributed by atoms with Crippen LogP contribution in [0.3, 0.4) is 0 Å². The summed E-state index contributed by atoms with van der Waals surface area (Å²) < 4.78 is 6.21. The van der Waals surface area contributed by atoms with E-state index in [1.54, 1.807) is 0 Å². The lowest BCUT2D eigenvalue weighted by atomic mass is 10.2. The van der Waals surface area contributed by atoms with Gasteiger partial charge in [-0.15, -0.1) is 11.3 Å². The molecule has 2 heterocycles. The van der Waals surface area contributed by atoms with Crippen LogP contribution in [0.4, 0.5) is 0 Å². The quantitative estimate of drug-likeness (QED) is 0.618. The SMILES string of the molecule is NNC(C1=CCCO1)c1ccc(Cl)s1. The van der Waals surface area contributed by atoms with Crippen LogP contribution in [0.25, 0.3) is 0 Å². The van der Waals surface area contributed by atoms with Gasteiger partial charge in [-0.05, 0) is 18.2 Å². The molecule has 3 nitrogen and oxygen atoms in total. The fourth-order valence-corrected chi connectivity index (χ4v) is 2.56. The molecule has 5 heteroatoms. The molecule has 2 rings (SSSR count). The number of hydrazine groups is 1.